The van der Waals surface area contributed by atoms with Gasteiger partial charge >= 0.3 is 0 Å². The number of pyridine rings is 1. The summed E-state index contributed by atoms with van der Waals surface area (Å²) < 4.78 is 16.4. The summed E-state index contributed by atoms with van der Waals surface area (Å²) in [6.07, 6.45) is 5.37. The lowest BCUT2D eigenvalue weighted by molar-refractivity contribution is 0.324. The molecule has 1 fully saturated rings. The maximum absolute atomic E-state index is 14.1. The summed E-state index contributed by atoms with van der Waals surface area (Å²) >= 11 is 0. The molecule has 2 aromatic heterocycles. The highest BCUT2D eigenvalue weighted by molar-refractivity contribution is 5.95. The van der Waals surface area contributed by atoms with Crippen molar-refractivity contribution in [2.75, 3.05) is 5.43 Å². The Morgan fingerprint density at radius 3 is 2.61 bits per heavy atom. The minimum absolute atomic E-state index is 0.302. The molecule has 0 saturated heterocycles. The largest absolute Gasteiger partial charge is 0.336 e. The first-order valence-corrected chi connectivity index (χ1v) is 10.4. The van der Waals surface area contributed by atoms with Gasteiger partial charge in [0.1, 0.15) is 11.9 Å². The fraction of sp³-hybridized carbons (Fsp3) is 0.200. The van der Waals surface area contributed by atoms with Crippen LogP contribution >= 0.6 is 0 Å². The van der Waals surface area contributed by atoms with Gasteiger partial charge in [0.25, 0.3) is 0 Å². The number of hydrogen-bond donors (Lipinski definition) is 2. The molecule has 1 aliphatic carbocycles. The van der Waals surface area contributed by atoms with Gasteiger partial charge in [0.15, 0.2) is 0 Å². The molecule has 2 heterocycles. The predicted octanol–water partition coefficient (Wildman–Crippen LogP) is 5.32. The van der Waals surface area contributed by atoms with Crippen molar-refractivity contribution >= 4 is 16.6 Å². The van der Waals surface area contributed by atoms with Crippen molar-refractivity contribution in [2.24, 2.45) is 5.84 Å². The van der Waals surface area contributed by atoms with Gasteiger partial charge in [-0.15, -0.1) is 0 Å². The lowest BCUT2D eigenvalue weighted by Gasteiger charge is -2.30. The molecule has 0 atom stereocenters. The topological polar surface area (TPSA) is 79.7 Å². The summed E-state index contributed by atoms with van der Waals surface area (Å²) in [5.74, 6) is 5.21. The molecule has 5 nitrogen and oxygen atoms in total. The van der Waals surface area contributed by atoms with Gasteiger partial charge in [0.2, 0.25) is 0 Å². The number of nitrogens with zero attached hydrogens (tertiary/aromatic N) is 3. The van der Waals surface area contributed by atoms with Crippen LogP contribution < -0.4 is 11.3 Å². The molecule has 4 aromatic rings. The third kappa shape index (κ3) is 3.33. The number of nitrogens with two attached hydrogens (primary N) is 1. The van der Waals surface area contributed by atoms with Crippen molar-refractivity contribution in [3.63, 3.8) is 0 Å². The molecule has 31 heavy (non-hydrogen) atoms. The summed E-state index contributed by atoms with van der Waals surface area (Å²) in [6, 6.07) is 19.7. The third-order valence-corrected chi connectivity index (χ3v) is 6.15. The molecule has 0 radical (unpaired) electrons. The summed E-state index contributed by atoms with van der Waals surface area (Å²) in [4.78, 5) is 4.19. The van der Waals surface area contributed by atoms with Crippen LogP contribution in [0.15, 0.2) is 60.8 Å². The van der Waals surface area contributed by atoms with E-state index in [-0.39, 0.29) is 5.82 Å². The average molecular weight is 411 g/mol. The van der Waals surface area contributed by atoms with Crippen molar-refractivity contribution in [3.05, 3.63) is 83.4 Å². The number of aromatic nitrogens is 2. The number of rotatable bonds is 5. The Balaban J connectivity index is 1.69. The fourth-order valence-electron chi connectivity index (χ4n) is 4.35. The number of halogens is 1. The maximum atomic E-state index is 14.1. The number of fused-ring (bicyclic) bond motifs is 1. The number of anilines is 1. The number of hydrazine groups is 1. The van der Waals surface area contributed by atoms with E-state index in [4.69, 9.17) is 5.84 Å². The van der Waals surface area contributed by atoms with E-state index >= 15 is 0 Å². The fourth-order valence-corrected chi connectivity index (χ4v) is 4.35. The average Bonchev–Trinajstić information content (AvgIpc) is 3.07. The standard InChI is InChI=1S/C25H22FN5/c26-22-5-2-12-29-23(22)13-16-6-11-20-21(15-27)25(17-7-9-18(30-28)10-8-17)31(24(20)14-16)19-3-1-4-19/h2,5-12,14,19,30H,1,3-4,13,28H2. The Kier molecular flexibility index (Phi) is 4.89. The molecule has 0 amide bonds. The normalized spacial score (nSPS) is 13.7. The van der Waals surface area contributed by atoms with Crippen LogP contribution in [0.2, 0.25) is 0 Å². The summed E-state index contributed by atoms with van der Waals surface area (Å²) in [6.45, 7) is 0. The zero-order valence-corrected chi connectivity index (χ0v) is 17.0. The number of nitrogens with one attached hydrogen (secondary N) is 1. The number of nitrogen functional groups attached to an aromatic ring is 1. The van der Waals surface area contributed by atoms with Crippen molar-refractivity contribution in [3.8, 4) is 17.3 Å². The molecule has 2 aromatic carbocycles. The predicted molar refractivity (Wildman–Crippen MR) is 120 cm³/mol. The van der Waals surface area contributed by atoms with E-state index in [1.165, 1.54) is 12.5 Å². The molecule has 0 aliphatic heterocycles. The van der Waals surface area contributed by atoms with E-state index in [9.17, 15) is 9.65 Å². The highest BCUT2D eigenvalue weighted by atomic mass is 19.1. The zero-order valence-electron chi connectivity index (χ0n) is 17.0. The van der Waals surface area contributed by atoms with E-state index in [0.29, 0.717) is 23.7 Å². The molecule has 154 valence electrons. The third-order valence-electron chi connectivity index (χ3n) is 6.15. The maximum Gasteiger partial charge on any atom is 0.145 e. The van der Waals surface area contributed by atoms with E-state index in [1.807, 2.05) is 36.4 Å². The molecule has 1 saturated carbocycles. The first-order valence-electron chi connectivity index (χ1n) is 10.4. The van der Waals surface area contributed by atoms with Crippen molar-refractivity contribution < 1.29 is 4.39 Å². The van der Waals surface area contributed by atoms with Crippen LogP contribution in [0.25, 0.3) is 22.2 Å². The van der Waals surface area contributed by atoms with Crippen LogP contribution in [0.1, 0.15) is 42.1 Å². The number of hydrogen-bond acceptors (Lipinski definition) is 4. The molecular formula is C25H22FN5. The van der Waals surface area contributed by atoms with Gasteiger partial charge in [0.05, 0.1) is 22.5 Å². The molecule has 3 N–H and O–H groups in total. The van der Waals surface area contributed by atoms with E-state index in [0.717, 1.165) is 46.3 Å². The highest BCUT2D eigenvalue weighted by Gasteiger charge is 2.27. The second-order valence-electron chi connectivity index (χ2n) is 7.97. The van der Waals surface area contributed by atoms with E-state index in [1.54, 1.807) is 12.3 Å². The van der Waals surface area contributed by atoms with E-state index in [2.05, 4.69) is 27.1 Å². The van der Waals surface area contributed by atoms with Gasteiger partial charge in [-0.3, -0.25) is 10.8 Å². The smallest absolute Gasteiger partial charge is 0.145 e. The Morgan fingerprint density at radius 1 is 1.16 bits per heavy atom. The number of benzene rings is 2. The lowest BCUT2D eigenvalue weighted by Crippen LogP contribution is -2.18. The first kappa shape index (κ1) is 19.3. The van der Waals surface area contributed by atoms with Crippen molar-refractivity contribution in [1.82, 2.24) is 9.55 Å². The molecule has 0 unspecified atom stereocenters. The van der Waals surface area contributed by atoms with Crippen LogP contribution in [0.4, 0.5) is 10.1 Å². The summed E-state index contributed by atoms with van der Waals surface area (Å²) in [5, 5.41) is 11.0. The van der Waals surface area contributed by atoms with Gasteiger partial charge in [0, 0.05) is 29.7 Å². The van der Waals surface area contributed by atoms with Crippen LogP contribution in [-0.4, -0.2) is 9.55 Å². The van der Waals surface area contributed by atoms with E-state index < -0.39 is 0 Å². The van der Waals surface area contributed by atoms with Gasteiger partial charge in [-0.25, -0.2) is 4.39 Å². The zero-order chi connectivity index (χ0) is 21.4. The Labute approximate surface area is 179 Å². The lowest BCUT2D eigenvalue weighted by atomic mass is 9.92. The first-order chi connectivity index (χ1) is 15.2. The molecule has 0 bridgehead atoms. The SMILES string of the molecule is N#Cc1c(-c2ccc(NN)cc2)n(C2CCC2)c2cc(Cc3ncccc3F)ccc12. The monoisotopic (exact) mass is 411 g/mol. The summed E-state index contributed by atoms with van der Waals surface area (Å²) in [5.41, 5.74) is 8.47. The van der Waals surface area contributed by atoms with Crippen LogP contribution in [0.5, 0.6) is 0 Å². The molecule has 5 rings (SSSR count). The highest BCUT2D eigenvalue weighted by Crippen LogP contribution is 2.43. The number of nitriles is 1. The quantitative estimate of drug-likeness (QED) is 0.344. The molecule has 1 aliphatic rings. The van der Waals surface area contributed by atoms with Crippen LogP contribution in [-0.2, 0) is 6.42 Å². The molecular weight excluding hydrogens is 389 g/mol. The Bertz CT molecular complexity index is 1300. The van der Waals surface area contributed by atoms with Crippen molar-refractivity contribution in [1.29, 1.82) is 5.26 Å². The van der Waals surface area contributed by atoms with Gasteiger partial charge < -0.3 is 9.99 Å². The van der Waals surface area contributed by atoms with Crippen molar-refractivity contribution in [2.45, 2.75) is 31.7 Å². The summed E-state index contributed by atoms with van der Waals surface area (Å²) in [7, 11) is 0. The Morgan fingerprint density at radius 2 is 1.97 bits per heavy atom. The van der Waals surface area contributed by atoms with Crippen LogP contribution in [0.3, 0.4) is 0 Å². The van der Waals surface area contributed by atoms with Gasteiger partial charge in [-0.2, -0.15) is 5.26 Å². The minimum atomic E-state index is -0.302. The second-order valence-corrected chi connectivity index (χ2v) is 7.97. The van der Waals surface area contributed by atoms with Crippen LogP contribution in [0, 0.1) is 17.1 Å². The Hall–Kier alpha value is -3.69. The van der Waals surface area contributed by atoms with Gasteiger partial charge in [-0.1, -0.05) is 24.3 Å². The molecule has 6 heteroatoms. The minimum Gasteiger partial charge on any atom is -0.336 e. The second kappa shape index (κ2) is 7.86. The molecule has 0 spiro atoms. The van der Waals surface area contributed by atoms with Gasteiger partial charge in [-0.05, 0) is 60.7 Å².